The van der Waals surface area contributed by atoms with Crippen LogP contribution in [0, 0.1) is 18.3 Å². The molecule has 2 rings (SSSR count). The average molecular weight is 399 g/mol. The van der Waals surface area contributed by atoms with Crippen molar-refractivity contribution in [2.45, 2.75) is 13.3 Å². The summed E-state index contributed by atoms with van der Waals surface area (Å²) >= 11 is 6.04. The largest absolute Gasteiger partial charge is 0.324 e. The normalized spacial score (nSPS) is 10.4. The number of hydrogen-bond acceptors (Lipinski definition) is 4. The highest BCUT2D eigenvalue weighted by molar-refractivity contribution is 6.33. The van der Waals surface area contributed by atoms with Gasteiger partial charge in [-0.15, -0.1) is 0 Å². The van der Waals surface area contributed by atoms with E-state index < -0.39 is 0 Å². The Morgan fingerprint density at radius 2 is 1.79 bits per heavy atom. The van der Waals surface area contributed by atoms with E-state index in [2.05, 4.69) is 11.4 Å². The van der Waals surface area contributed by atoms with Crippen molar-refractivity contribution in [3.8, 4) is 6.07 Å². The SMILES string of the molecule is Cc1ccc(N(CCC#N)C(=O)CN(C)CC(=O)Nc2ccccc2Cl)cc1. The summed E-state index contributed by atoms with van der Waals surface area (Å²) in [7, 11) is 1.70. The van der Waals surface area contributed by atoms with Crippen molar-refractivity contribution < 1.29 is 9.59 Å². The van der Waals surface area contributed by atoms with E-state index in [1.807, 2.05) is 31.2 Å². The van der Waals surface area contributed by atoms with Gasteiger partial charge in [-0.05, 0) is 38.2 Å². The summed E-state index contributed by atoms with van der Waals surface area (Å²) in [5.74, 6) is -0.436. The number of anilines is 2. The maximum Gasteiger partial charge on any atom is 0.241 e. The summed E-state index contributed by atoms with van der Waals surface area (Å²) < 4.78 is 0. The molecule has 1 N–H and O–H groups in total. The molecule has 2 aromatic carbocycles. The molecule has 0 aromatic heterocycles. The number of halogens is 1. The molecule has 0 radical (unpaired) electrons. The number of amides is 2. The van der Waals surface area contributed by atoms with Gasteiger partial charge in [-0.2, -0.15) is 5.26 Å². The van der Waals surface area contributed by atoms with Gasteiger partial charge in [0.05, 0.1) is 36.3 Å². The molecule has 0 unspecified atom stereocenters. The van der Waals surface area contributed by atoms with Crippen LogP contribution < -0.4 is 10.2 Å². The first-order valence-corrected chi connectivity index (χ1v) is 9.25. The molecule has 0 aliphatic rings. The number of para-hydroxylation sites is 1. The van der Waals surface area contributed by atoms with Gasteiger partial charge in [0, 0.05) is 12.2 Å². The molecule has 6 nitrogen and oxygen atoms in total. The molecule has 7 heteroatoms. The smallest absolute Gasteiger partial charge is 0.241 e. The molecule has 2 aromatic rings. The number of likely N-dealkylation sites (N-methyl/N-ethyl adjacent to an activating group) is 1. The number of carbonyl (C=O) groups is 2. The lowest BCUT2D eigenvalue weighted by Crippen LogP contribution is -2.42. The molecular formula is C21H23ClN4O2. The molecule has 0 spiro atoms. The number of rotatable bonds is 8. The number of nitrogens with one attached hydrogen (secondary N) is 1. The van der Waals surface area contributed by atoms with Crippen molar-refractivity contribution in [2.75, 3.05) is 36.9 Å². The molecule has 0 heterocycles. The molecule has 2 amide bonds. The fraction of sp³-hybridized carbons (Fsp3) is 0.286. The molecular weight excluding hydrogens is 376 g/mol. The zero-order valence-electron chi connectivity index (χ0n) is 16.0. The fourth-order valence-electron chi connectivity index (χ4n) is 2.65. The third-order valence-corrected chi connectivity index (χ3v) is 4.39. The third-order valence-electron chi connectivity index (χ3n) is 4.06. The van der Waals surface area contributed by atoms with Crippen LogP contribution in [-0.4, -0.2) is 43.4 Å². The predicted molar refractivity (Wildman–Crippen MR) is 111 cm³/mol. The maximum atomic E-state index is 12.8. The Morgan fingerprint density at radius 1 is 1.11 bits per heavy atom. The zero-order valence-corrected chi connectivity index (χ0v) is 16.7. The lowest BCUT2D eigenvalue weighted by atomic mass is 10.2. The highest BCUT2D eigenvalue weighted by Gasteiger charge is 2.18. The first-order valence-electron chi connectivity index (χ1n) is 8.87. The van der Waals surface area contributed by atoms with Crippen molar-refractivity contribution >= 4 is 34.8 Å². The molecule has 0 fully saturated rings. The summed E-state index contributed by atoms with van der Waals surface area (Å²) in [6.07, 6.45) is 0.232. The van der Waals surface area contributed by atoms with E-state index in [1.165, 1.54) is 0 Å². The van der Waals surface area contributed by atoms with Gasteiger partial charge in [0.25, 0.3) is 0 Å². The Balaban J connectivity index is 1.97. The fourth-order valence-corrected chi connectivity index (χ4v) is 2.84. The standard InChI is InChI=1S/C21H23ClN4O2/c1-16-8-10-17(11-9-16)26(13-5-12-23)21(28)15-25(2)14-20(27)24-19-7-4-3-6-18(19)22/h3-4,6-11H,5,13-15H2,1-2H3,(H,24,27). The van der Waals surface area contributed by atoms with E-state index in [1.54, 1.807) is 41.1 Å². The van der Waals surface area contributed by atoms with Gasteiger partial charge in [0.15, 0.2) is 0 Å². The van der Waals surface area contributed by atoms with E-state index in [-0.39, 0.29) is 31.3 Å². The zero-order chi connectivity index (χ0) is 20.5. The summed E-state index contributed by atoms with van der Waals surface area (Å²) in [5, 5.41) is 12.1. The number of aryl methyl sites for hydroxylation is 1. The molecule has 0 atom stereocenters. The van der Waals surface area contributed by atoms with Crippen molar-refractivity contribution in [2.24, 2.45) is 0 Å². The monoisotopic (exact) mass is 398 g/mol. The van der Waals surface area contributed by atoms with Gasteiger partial charge in [0.1, 0.15) is 0 Å². The molecule has 0 saturated heterocycles. The van der Waals surface area contributed by atoms with Crippen LogP contribution in [0.25, 0.3) is 0 Å². The molecule has 0 bridgehead atoms. The second-order valence-corrected chi connectivity index (χ2v) is 6.90. The Morgan fingerprint density at radius 3 is 2.43 bits per heavy atom. The van der Waals surface area contributed by atoms with E-state index in [0.717, 1.165) is 11.3 Å². The van der Waals surface area contributed by atoms with Crippen molar-refractivity contribution in [1.82, 2.24) is 4.90 Å². The number of nitriles is 1. The van der Waals surface area contributed by atoms with E-state index in [4.69, 9.17) is 16.9 Å². The van der Waals surface area contributed by atoms with Crippen LogP contribution >= 0.6 is 11.6 Å². The Kier molecular flexibility index (Phi) is 8.00. The van der Waals surface area contributed by atoms with Crippen molar-refractivity contribution in [3.63, 3.8) is 0 Å². The van der Waals surface area contributed by atoms with Gasteiger partial charge in [-0.3, -0.25) is 14.5 Å². The minimum atomic E-state index is -0.262. The predicted octanol–water partition coefficient (Wildman–Crippen LogP) is 3.47. The number of carbonyl (C=O) groups excluding carboxylic acids is 2. The van der Waals surface area contributed by atoms with Crippen LogP contribution in [0.3, 0.4) is 0 Å². The number of nitrogens with zero attached hydrogens (tertiary/aromatic N) is 3. The molecule has 0 saturated carbocycles. The lowest BCUT2D eigenvalue weighted by molar-refractivity contribution is -0.121. The van der Waals surface area contributed by atoms with E-state index in [9.17, 15) is 9.59 Å². The van der Waals surface area contributed by atoms with Gasteiger partial charge >= 0.3 is 0 Å². The quantitative estimate of drug-likeness (QED) is 0.738. The topological polar surface area (TPSA) is 76.4 Å². The Labute approximate surface area is 170 Å². The minimum absolute atomic E-state index is 0.0386. The minimum Gasteiger partial charge on any atom is -0.324 e. The van der Waals surface area contributed by atoms with Crippen molar-refractivity contribution in [1.29, 1.82) is 5.26 Å². The molecule has 0 aliphatic heterocycles. The van der Waals surface area contributed by atoms with Gasteiger partial charge in [-0.1, -0.05) is 41.4 Å². The average Bonchev–Trinajstić information content (AvgIpc) is 2.65. The summed E-state index contributed by atoms with van der Waals surface area (Å²) in [4.78, 5) is 28.2. The first kappa shape index (κ1) is 21.4. The summed E-state index contributed by atoms with van der Waals surface area (Å²) in [5.41, 5.74) is 2.36. The molecule has 28 heavy (non-hydrogen) atoms. The summed E-state index contributed by atoms with van der Waals surface area (Å²) in [6, 6.07) is 16.6. The third kappa shape index (κ3) is 6.38. The molecule has 146 valence electrons. The first-order chi connectivity index (χ1) is 13.4. The van der Waals surface area contributed by atoms with Crippen LogP contribution in [-0.2, 0) is 9.59 Å². The number of hydrogen-bond donors (Lipinski definition) is 1. The van der Waals surface area contributed by atoms with Gasteiger partial charge < -0.3 is 10.2 Å². The van der Waals surface area contributed by atoms with Crippen LogP contribution in [0.15, 0.2) is 48.5 Å². The van der Waals surface area contributed by atoms with Gasteiger partial charge in [-0.25, -0.2) is 0 Å². The Bertz CT molecular complexity index is 861. The van der Waals surface area contributed by atoms with Crippen LogP contribution in [0.2, 0.25) is 5.02 Å². The Hall–Kier alpha value is -2.88. The highest BCUT2D eigenvalue weighted by Crippen LogP contribution is 2.20. The van der Waals surface area contributed by atoms with Crippen molar-refractivity contribution in [3.05, 3.63) is 59.1 Å². The maximum absolute atomic E-state index is 12.8. The summed E-state index contributed by atoms with van der Waals surface area (Å²) in [6.45, 7) is 2.36. The van der Waals surface area contributed by atoms with Gasteiger partial charge in [0.2, 0.25) is 11.8 Å². The van der Waals surface area contributed by atoms with Crippen LogP contribution in [0.5, 0.6) is 0 Å². The van der Waals surface area contributed by atoms with Crippen LogP contribution in [0.1, 0.15) is 12.0 Å². The molecule has 0 aliphatic carbocycles. The lowest BCUT2D eigenvalue weighted by Gasteiger charge is -2.25. The highest BCUT2D eigenvalue weighted by atomic mass is 35.5. The number of benzene rings is 2. The van der Waals surface area contributed by atoms with E-state index >= 15 is 0 Å². The second kappa shape index (κ2) is 10.5. The second-order valence-electron chi connectivity index (χ2n) is 6.49. The van der Waals surface area contributed by atoms with E-state index in [0.29, 0.717) is 17.3 Å². The van der Waals surface area contributed by atoms with Crippen LogP contribution in [0.4, 0.5) is 11.4 Å².